The molecule has 0 radical (unpaired) electrons. The molecule has 1 aromatic rings. The van der Waals surface area contributed by atoms with E-state index in [0.717, 1.165) is 11.1 Å². The smallest absolute Gasteiger partial charge is 0.303 e. The van der Waals surface area contributed by atoms with Crippen LogP contribution in [-0.4, -0.2) is 23.0 Å². The summed E-state index contributed by atoms with van der Waals surface area (Å²) in [6.07, 6.45) is 1.49. The standard InChI is InChI=1S/C15H17NO4/c1-10-8-13(12-6-4-3-5-7-12)15(16(18)19)14(9-10)20-11(2)17/h3-7,9,13-15H,8H2,1-2H3/t13-,14+,15-/m0/s1. The number of nitrogens with zero attached hydrogens (tertiary/aromatic N) is 1. The molecule has 0 aliphatic heterocycles. The second-order valence-corrected chi connectivity index (χ2v) is 5.08. The van der Waals surface area contributed by atoms with Crippen LogP contribution in [0.2, 0.25) is 0 Å². The first-order chi connectivity index (χ1) is 9.49. The highest BCUT2D eigenvalue weighted by Crippen LogP contribution is 2.35. The Morgan fingerprint density at radius 1 is 1.35 bits per heavy atom. The van der Waals surface area contributed by atoms with Crippen molar-refractivity contribution < 1.29 is 14.5 Å². The van der Waals surface area contributed by atoms with Crippen LogP contribution in [0, 0.1) is 10.1 Å². The average Bonchev–Trinajstić information content (AvgIpc) is 2.37. The van der Waals surface area contributed by atoms with Gasteiger partial charge in [0.25, 0.3) is 6.04 Å². The lowest BCUT2D eigenvalue weighted by molar-refractivity contribution is -0.536. The molecule has 0 aromatic heterocycles. The van der Waals surface area contributed by atoms with Gasteiger partial charge in [0.2, 0.25) is 0 Å². The number of rotatable bonds is 3. The SMILES string of the molecule is CC(=O)O[C@@H]1C=C(C)C[C@@H](c2ccccc2)[C@@H]1[N+](=O)[O-]. The third-order valence-corrected chi connectivity index (χ3v) is 3.51. The fourth-order valence-corrected chi connectivity index (χ4v) is 2.72. The molecule has 0 amide bonds. The van der Waals surface area contributed by atoms with Gasteiger partial charge in [-0.3, -0.25) is 14.9 Å². The Bertz CT molecular complexity index is 538. The molecule has 106 valence electrons. The zero-order valence-corrected chi connectivity index (χ0v) is 11.5. The number of ether oxygens (including phenoxy) is 1. The Morgan fingerprint density at radius 3 is 2.55 bits per heavy atom. The lowest BCUT2D eigenvalue weighted by Gasteiger charge is -2.30. The van der Waals surface area contributed by atoms with Crippen LogP contribution in [0.3, 0.4) is 0 Å². The molecule has 0 N–H and O–H groups in total. The van der Waals surface area contributed by atoms with Crippen molar-refractivity contribution in [2.75, 3.05) is 0 Å². The molecular formula is C15H17NO4. The summed E-state index contributed by atoms with van der Waals surface area (Å²) in [6.45, 7) is 3.18. The first-order valence-corrected chi connectivity index (χ1v) is 6.52. The van der Waals surface area contributed by atoms with Gasteiger partial charge in [0.15, 0.2) is 6.10 Å². The summed E-state index contributed by atoms with van der Waals surface area (Å²) in [5.74, 6) is -0.778. The first kappa shape index (κ1) is 14.2. The highest BCUT2D eigenvalue weighted by Gasteiger charge is 2.43. The third kappa shape index (κ3) is 3.04. The lowest BCUT2D eigenvalue weighted by atomic mass is 9.79. The molecule has 1 aliphatic rings. The molecule has 1 aliphatic carbocycles. The van der Waals surface area contributed by atoms with E-state index in [1.807, 2.05) is 37.3 Å². The largest absolute Gasteiger partial charge is 0.451 e. The van der Waals surface area contributed by atoms with E-state index in [-0.39, 0.29) is 10.8 Å². The maximum absolute atomic E-state index is 11.4. The van der Waals surface area contributed by atoms with Crippen molar-refractivity contribution in [3.63, 3.8) is 0 Å². The van der Waals surface area contributed by atoms with Gasteiger partial charge in [-0.15, -0.1) is 0 Å². The minimum atomic E-state index is -0.940. The number of carbonyl (C=O) groups excluding carboxylic acids is 1. The van der Waals surface area contributed by atoms with Crippen molar-refractivity contribution >= 4 is 5.97 Å². The monoisotopic (exact) mass is 275 g/mol. The van der Waals surface area contributed by atoms with Crippen LogP contribution < -0.4 is 0 Å². The molecule has 2 rings (SSSR count). The van der Waals surface area contributed by atoms with Gasteiger partial charge in [0.1, 0.15) is 0 Å². The van der Waals surface area contributed by atoms with Crippen LogP contribution >= 0.6 is 0 Å². The summed E-state index contributed by atoms with van der Waals surface area (Å²) in [5.41, 5.74) is 1.90. The van der Waals surface area contributed by atoms with Crippen molar-refractivity contribution in [2.45, 2.75) is 38.3 Å². The predicted molar refractivity (Wildman–Crippen MR) is 73.9 cm³/mol. The van der Waals surface area contributed by atoms with Crippen molar-refractivity contribution in [1.82, 2.24) is 0 Å². The number of allylic oxidation sites excluding steroid dienone is 1. The van der Waals surface area contributed by atoms with Gasteiger partial charge >= 0.3 is 5.97 Å². The molecule has 0 bridgehead atoms. The molecule has 3 atom stereocenters. The zero-order valence-electron chi connectivity index (χ0n) is 11.5. The maximum atomic E-state index is 11.4. The Kier molecular flexibility index (Phi) is 4.17. The molecule has 0 spiro atoms. The van der Waals surface area contributed by atoms with Gasteiger partial charge in [0, 0.05) is 11.8 Å². The highest BCUT2D eigenvalue weighted by molar-refractivity contribution is 5.66. The van der Waals surface area contributed by atoms with E-state index >= 15 is 0 Å². The molecule has 0 saturated carbocycles. The van der Waals surface area contributed by atoms with Crippen LogP contribution in [-0.2, 0) is 9.53 Å². The molecular weight excluding hydrogens is 258 g/mol. The zero-order chi connectivity index (χ0) is 14.7. The first-order valence-electron chi connectivity index (χ1n) is 6.52. The Morgan fingerprint density at radius 2 is 2.00 bits per heavy atom. The second-order valence-electron chi connectivity index (χ2n) is 5.08. The number of benzene rings is 1. The van der Waals surface area contributed by atoms with Crippen LogP contribution in [0.1, 0.15) is 31.7 Å². The Hall–Kier alpha value is -2.17. The van der Waals surface area contributed by atoms with Gasteiger partial charge < -0.3 is 4.74 Å². The summed E-state index contributed by atoms with van der Waals surface area (Å²) in [4.78, 5) is 22.2. The summed E-state index contributed by atoms with van der Waals surface area (Å²) in [6, 6.07) is 8.42. The molecule has 0 fully saturated rings. The predicted octanol–water partition coefficient (Wildman–Crippen LogP) is 2.70. The van der Waals surface area contributed by atoms with Crippen molar-refractivity contribution in [3.05, 3.63) is 57.7 Å². The van der Waals surface area contributed by atoms with E-state index in [1.165, 1.54) is 6.92 Å². The van der Waals surface area contributed by atoms with Crippen molar-refractivity contribution in [3.8, 4) is 0 Å². The summed E-state index contributed by atoms with van der Waals surface area (Å²) in [7, 11) is 0. The minimum absolute atomic E-state index is 0.277. The van der Waals surface area contributed by atoms with Crippen LogP contribution in [0.4, 0.5) is 0 Å². The molecule has 5 heteroatoms. The van der Waals surface area contributed by atoms with E-state index < -0.39 is 18.1 Å². The average molecular weight is 275 g/mol. The maximum Gasteiger partial charge on any atom is 0.303 e. The van der Waals surface area contributed by atoms with E-state index in [1.54, 1.807) is 6.08 Å². The minimum Gasteiger partial charge on any atom is -0.451 e. The van der Waals surface area contributed by atoms with Crippen LogP contribution in [0.25, 0.3) is 0 Å². The van der Waals surface area contributed by atoms with Gasteiger partial charge in [0.05, 0.1) is 5.92 Å². The van der Waals surface area contributed by atoms with Gasteiger partial charge in [-0.2, -0.15) is 0 Å². The Labute approximate surface area is 117 Å². The molecule has 20 heavy (non-hydrogen) atoms. The van der Waals surface area contributed by atoms with Crippen LogP contribution in [0.5, 0.6) is 0 Å². The number of esters is 1. The normalized spacial score (nSPS) is 25.7. The number of carbonyl (C=O) groups is 1. The van der Waals surface area contributed by atoms with Crippen molar-refractivity contribution in [1.29, 1.82) is 0 Å². The molecule has 1 aromatic carbocycles. The molecule has 5 nitrogen and oxygen atoms in total. The quantitative estimate of drug-likeness (QED) is 0.368. The van der Waals surface area contributed by atoms with Gasteiger partial charge in [-0.1, -0.05) is 35.9 Å². The van der Waals surface area contributed by atoms with E-state index in [4.69, 9.17) is 4.74 Å². The van der Waals surface area contributed by atoms with Crippen molar-refractivity contribution in [2.24, 2.45) is 0 Å². The summed E-state index contributed by atoms with van der Waals surface area (Å²) in [5, 5.41) is 11.4. The number of nitro groups is 1. The molecule has 0 unspecified atom stereocenters. The van der Waals surface area contributed by atoms with Crippen LogP contribution in [0.15, 0.2) is 42.0 Å². The van der Waals surface area contributed by atoms with E-state index in [2.05, 4.69) is 0 Å². The highest BCUT2D eigenvalue weighted by atomic mass is 16.6. The fraction of sp³-hybridized carbons (Fsp3) is 0.400. The number of hydrogen-bond acceptors (Lipinski definition) is 4. The van der Waals surface area contributed by atoms with E-state index in [0.29, 0.717) is 6.42 Å². The molecule has 0 saturated heterocycles. The summed E-state index contributed by atoms with van der Waals surface area (Å²) >= 11 is 0. The fourth-order valence-electron chi connectivity index (χ4n) is 2.72. The lowest BCUT2D eigenvalue weighted by Crippen LogP contribution is -2.43. The Balaban J connectivity index is 2.38. The molecule has 0 heterocycles. The number of hydrogen-bond donors (Lipinski definition) is 0. The summed E-state index contributed by atoms with van der Waals surface area (Å²) < 4.78 is 5.13. The second kappa shape index (κ2) is 5.86. The topological polar surface area (TPSA) is 69.4 Å². The third-order valence-electron chi connectivity index (χ3n) is 3.51. The van der Waals surface area contributed by atoms with Gasteiger partial charge in [-0.25, -0.2) is 0 Å². The van der Waals surface area contributed by atoms with E-state index in [9.17, 15) is 14.9 Å². The van der Waals surface area contributed by atoms with Gasteiger partial charge in [-0.05, 0) is 25.0 Å².